The van der Waals surface area contributed by atoms with Crippen LogP contribution in [0.25, 0.3) is 16.9 Å². The smallest absolute Gasteiger partial charge is 0.255 e. The van der Waals surface area contributed by atoms with Gasteiger partial charge in [-0.15, -0.1) is 0 Å². The van der Waals surface area contributed by atoms with E-state index in [-0.39, 0.29) is 29.7 Å². The number of hydrogen-bond acceptors (Lipinski definition) is 10. The van der Waals surface area contributed by atoms with E-state index in [2.05, 4.69) is 4.90 Å². The van der Waals surface area contributed by atoms with E-state index in [0.29, 0.717) is 17.9 Å². The Labute approximate surface area is 249 Å². The van der Waals surface area contributed by atoms with Crippen molar-refractivity contribution in [1.29, 1.82) is 0 Å². The molecule has 11 heteroatoms. The maximum Gasteiger partial charge on any atom is 0.255 e. The van der Waals surface area contributed by atoms with Crippen LogP contribution in [-0.4, -0.2) is 101 Å². The summed E-state index contributed by atoms with van der Waals surface area (Å²) in [6.07, 6.45) is 1.11. The first-order valence-corrected chi connectivity index (χ1v) is 14.2. The van der Waals surface area contributed by atoms with Crippen LogP contribution in [0.5, 0.6) is 11.5 Å². The van der Waals surface area contributed by atoms with Crippen molar-refractivity contribution in [3.8, 4) is 22.6 Å². The van der Waals surface area contributed by atoms with Gasteiger partial charge in [0.2, 0.25) is 5.78 Å². The Bertz CT molecular complexity index is 1560. The van der Waals surface area contributed by atoms with Gasteiger partial charge in [-0.05, 0) is 88.3 Å². The van der Waals surface area contributed by atoms with E-state index >= 15 is 0 Å². The van der Waals surface area contributed by atoms with Crippen LogP contribution in [-0.2, 0) is 20.8 Å². The van der Waals surface area contributed by atoms with E-state index in [0.717, 1.165) is 24.1 Å². The highest BCUT2D eigenvalue weighted by molar-refractivity contribution is 6.24. The number of primary amides is 1. The van der Waals surface area contributed by atoms with Crippen molar-refractivity contribution in [2.24, 2.45) is 17.6 Å². The van der Waals surface area contributed by atoms with Crippen LogP contribution in [0.4, 0.5) is 0 Å². The first-order valence-electron chi connectivity index (χ1n) is 14.2. The molecule has 0 aromatic heterocycles. The first kappa shape index (κ1) is 30.3. The number of carbonyl (C=O) groups is 3. The first-order chi connectivity index (χ1) is 20.3. The zero-order valence-corrected chi connectivity index (χ0v) is 24.6. The third kappa shape index (κ3) is 4.87. The number of ether oxygens (including phenoxy) is 1. The molecule has 3 aliphatic rings. The van der Waals surface area contributed by atoms with Gasteiger partial charge in [-0.25, -0.2) is 0 Å². The van der Waals surface area contributed by atoms with Crippen molar-refractivity contribution in [3.63, 3.8) is 0 Å². The highest BCUT2D eigenvalue weighted by Gasteiger charge is 2.64. The van der Waals surface area contributed by atoms with Crippen LogP contribution >= 0.6 is 0 Å². The van der Waals surface area contributed by atoms with Crippen LogP contribution in [0.3, 0.4) is 0 Å². The van der Waals surface area contributed by atoms with Crippen LogP contribution < -0.4 is 10.5 Å². The summed E-state index contributed by atoms with van der Waals surface area (Å²) in [5, 5.41) is 45.0. The fourth-order valence-electron chi connectivity index (χ4n) is 6.82. The van der Waals surface area contributed by atoms with Crippen LogP contribution in [0.2, 0.25) is 0 Å². The quantitative estimate of drug-likeness (QED) is 0.226. The third-order valence-electron chi connectivity index (χ3n) is 8.79. The fraction of sp³-hybridized carbons (Fsp3) is 0.406. The Kier molecular flexibility index (Phi) is 7.84. The number of nitrogens with zero attached hydrogens (tertiary/aromatic N) is 2. The molecule has 0 heterocycles. The Morgan fingerprint density at radius 1 is 1.05 bits per heavy atom. The lowest BCUT2D eigenvalue weighted by Gasteiger charge is -2.50. The van der Waals surface area contributed by atoms with Crippen LogP contribution in [0.15, 0.2) is 53.3 Å². The van der Waals surface area contributed by atoms with E-state index in [1.165, 1.54) is 11.0 Å². The van der Waals surface area contributed by atoms with Gasteiger partial charge >= 0.3 is 0 Å². The van der Waals surface area contributed by atoms with Gasteiger partial charge in [0.15, 0.2) is 11.4 Å². The number of aromatic hydroxyl groups is 1. The molecule has 1 fully saturated rings. The molecule has 5 rings (SSSR count). The maximum atomic E-state index is 14.0. The standard InChI is InChI=1S/C32H37N3O8/c1-34(2)12-5-13-43-18-8-6-16(7-9-18)19-10-11-22(36)24-20(19)14-17-15-21-26(35(3)4)28(38)25(31(33)41)30(40)32(21,42)29(39)23(17)27(24)37/h6-11,17,21,26,36-37,40,42H,5,12-15H2,1-4H3,(H2,33,41)/t17-,21-,26-,32-/m0/s1. The summed E-state index contributed by atoms with van der Waals surface area (Å²) in [6, 6.07) is 9.48. The topological polar surface area (TPSA) is 174 Å². The van der Waals surface area contributed by atoms with Gasteiger partial charge in [0.25, 0.3) is 5.91 Å². The Morgan fingerprint density at radius 2 is 1.72 bits per heavy atom. The number of Topliss-reactive ketones (excluding diaryl/α,β-unsaturated/α-hetero) is 2. The van der Waals surface area contributed by atoms with Crippen molar-refractivity contribution in [2.75, 3.05) is 41.3 Å². The van der Waals surface area contributed by atoms with E-state index in [1.807, 2.05) is 38.4 Å². The minimum Gasteiger partial charge on any atom is -0.508 e. The number of fused-ring (bicyclic) bond motifs is 3. The predicted octanol–water partition coefficient (Wildman–Crippen LogP) is 1.96. The molecule has 11 nitrogen and oxygen atoms in total. The van der Waals surface area contributed by atoms with Gasteiger partial charge in [-0.1, -0.05) is 18.2 Å². The summed E-state index contributed by atoms with van der Waals surface area (Å²) >= 11 is 0. The summed E-state index contributed by atoms with van der Waals surface area (Å²) in [4.78, 5) is 43.0. The van der Waals surface area contributed by atoms with Crippen molar-refractivity contribution in [2.45, 2.75) is 30.9 Å². The molecule has 0 aliphatic heterocycles. The number of phenolic OH excluding ortho intramolecular Hbond substituents is 1. The van der Waals surface area contributed by atoms with Gasteiger partial charge in [0.1, 0.15) is 28.6 Å². The highest BCUT2D eigenvalue weighted by atomic mass is 16.5. The predicted molar refractivity (Wildman–Crippen MR) is 158 cm³/mol. The van der Waals surface area contributed by atoms with Crippen LogP contribution in [0, 0.1) is 11.8 Å². The second-order valence-electron chi connectivity index (χ2n) is 12.0. The lowest BCUT2D eigenvalue weighted by atomic mass is 9.57. The molecule has 2 aromatic carbocycles. The van der Waals surface area contributed by atoms with E-state index in [1.54, 1.807) is 20.2 Å². The normalized spacial score (nSPS) is 25.1. The molecule has 2 aromatic rings. The van der Waals surface area contributed by atoms with Gasteiger partial charge in [-0.2, -0.15) is 0 Å². The number of amides is 1. The van der Waals surface area contributed by atoms with E-state index in [4.69, 9.17) is 10.5 Å². The molecule has 4 atom stereocenters. The Balaban J connectivity index is 1.56. The number of aliphatic hydroxyl groups excluding tert-OH is 2. The molecule has 3 aliphatic carbocycles. The number of benzene rings is 2. The fourth-order valence-corrected chi connectivity index (χ4v) is 6.82. The monoisotopic (exact) mass is 591 g/mol. The molecule has 0 bridgehead atoms. The summed E-state index contributed by atoms with van der Waals surface area (Å²) in [6.45, 7) is 1.48. The molecule has 0 radical (unpaired) electrons. The Morgan fingerprint density at radius 3 is 2.33 bits per heavy atom. The summed E-state index contributed by atoms with van der Waals surface area (Å²) in [5.74, 6) is -6.04. The number of nitrogens with two attached hydrogens (primary N) is 1. The summed E-state index contributed by atoms with van der Waals surface area (Å²) in [5.41, 5.74) is 3.89. The zero-order valence-electron chi connectivity index (χ0n) is 24.6. The molecule has 1 amide bonds. The number of likely N-dealkylation sites (N-methyl/N-ethyl adjacent to an activating group) is 1. The van der Waals surface area contributed by atoms with Crippen molar-refractivity contribution in [1.82, 2.24) is 9.80 Å². The number of hydrogen-bond donors (Lipinski definition) is 5. The van der Waals surface area contributed by atoms with E-state index in [9.17, 15) is 34.8 Å². The highest BCUT2D eigenvalue weighted by Crippen LogP contribution is 2.53. The third-order valence-corrected chi connectivity index (χ3v) is 8.79. The summed E-state index contributed by atoms with van der Waals surface area (Å²) in [7, 11) is 7.14. The van der Waals surface area contributed by atoms with Crippen LogP contribution in [0.1, 0.15) is 24.0 Å². The average molecular weight is 592 g/mol. The molecule has 1 saturated carbocycles. The molecule has 228 valence electrons. The Hall–Kier alpha value is -4.19. The van der Waals surface area contributed by atoms with Gasteiger partial charge in [0.05, 0.1) is 18.2 Å². The molecule has 0 unspecified atom stereocenters. The van der Waals surface area contributed by atoms with Crippen molar-refractivity contribution in [3.05, 3.63) is 64.4 Å². The van der Waals surface area contributed by atoms with Crippen molar-refractivity contribution >= 4 is 23.2 Å². The minimum absolute atomic E-state index is 0.0284. The zero-order chi connectivity index (χ0) is 31.4. The molecular weight excluding hydrogens is 554 g/mol. The average Bonchev–Trinajstić information content (AvgIpc) is 2.93. The summed E-state index contributed by atoms with van der Waals surface area (Å²) < 4.78 is 5.85. The minimum atomic E-state index is -2.67. The maximum absolute atomic E-state index is 14.0. The molecule has 0 spiro atoms. The molecule has 0 saturated heterocycles. The number of ketones is 2. The van der Waals surface area contributed by atoms with Gasteiger partial charge in [-0.3, -0.25) is 19.3 Å². The number of carbonyl (C=O) groups excluding carboxylic acids is 3. The van der Waals surface area contributed by atoms with Gasteiger partial charge < -0.3 is 35.8 Å². The second kappa shape index (κ2) is 11.1. The molecule has 6 N–H and O–H groups in total. The van der Waals surface area contributed by atoms with E-state index < -0.39 is 58.0 Å². The van der Waals surface area contributed by atoms with Gasteiger partial charge in [0, 0.05) is 18.0 Å². The number of aliphatic hydroxyl groups is 3. The lowest BCUT2D eigenvalue weighted by Crippen LogP contribution is -2.65. The SMILES string of the molecule is CN(C)CCCOc1ccc(-c2ccc(O)c3c2C[C@H]2C[C@H]4[C@H](N(C)C)C(=O)C(C(N)=O)=C(O)[C@@]4(O)C(=O)C2=C3O)cc1. The number of phenols is 1. The second-order valence-corrected chi connectivity index (χ2v) is 12.0. The van der Waals surface area contributed by atoms with Crippen molar-refractivity contribution < 1.29 is 39.5 Å². The molecule has 43 heavy (non-hydrogen) atoms. The lowest BCUT2D eigenvalue weighted by molar-refractivity contribution is -0.153. The number of rotatable bonds is 8. The molecular formula is C32H37N3O8. The largest absolute Gasteiger partial charge is 0.508 e.